The summed E-state index contributed by atoms with van der Waals surface area (Å²) in [7, 11) is 0. The van der Waals surface area contributed by atoms with Crippen molar-refractivity contribution in [1.82, 2.24) is 14.7 Å². The molecule has 0 saturated carbocycles. The Bertz CT molecular complexity index is 1500. The molecule has 0 radical (unpaired) electrons. The van der Waals surface area contributed by atoms with Gasteiger partial charge in [-0.25, -0.2) is 4.68 Å². The molecule has 2 aliphatic heterocycles. The van der Waals surface area contributed by atoms with Crippen molar-refractivity contribution in [2.45, 2.75) is 37.8 Å². The average Bonchev–Trinajstić information content (AvgIpc) is 3.41. The van der Waals surface area contributed by atoms with Crippen LogP contribution < -0.4 is 16.0 Å². The molecule has 0 bridgehead atoms. The van der Waals surface area contributed by atoms with Gasteiger partial charge in [0.2, 0.25) is 0 Å². The minimum absolute atomic E-state index is 0.0325. The highest BCUT2D eigenvalue weighted by Crippen LogP contribution is 2.24. The van der Waals surface area contributed by atoms with Crippen LogP contribution in [0.3, 0.4) is 0 Å². The number of amides is 2. The standard InChI is InChI=1S/C31H34N6O3/c32-24-11-15-36(16-12-24)31(40)22-3-8-27(9-4-22)37-29-10-5-25(19-23(29)20-33-37)34-30(39)21-1-6-26(7-2-21)35-17-13-28(38)14-18-35/h1-10,19-20,24,28,38H,11-18,32H2,(H,34,39). The van der Waals surface area contributed by atoms with Gasteiger partial charge < -0.3 is 26.0 Å². The highest BCUT2D eigenvalue weighted by molar-refractivity contribution is 6.05. The third kappa shape index (κ3) is 5.43. The molecule has 1 aromatic heterocycles. The number of aliphatic hydroxyl groups is 1. The van der Waals surface area contributed by atoms with Gasteiger partial charge in [0.1, 0.15) is 0 Å². The Hall–Kier alpha value is -4.21. The van der Waals surface area contributed by atoms with Crippen LogP contribution in [0.5, 0.6) is 0 Å². The number of carbonyl (C=O) groups is 2. The van der Waals surface area contributed by atoms with Crippen LogP contribution in [0.4, 0.5) is 11.4 Å². The van der Waals surface area contributed by atoms with Crippen molar-refractivity contribution in [3.05, 3.63) is 84.1 Å². The number of fused-ring (bicyclic) bond motifs is 1. The SMILES string of the molecule is NC1CCN(C(=O)c2ccc(-n3ncc4cc(NC(=O)c5ccc(N6CCC(O)CC6)cc5)ccc43)cc2)CC1. The topological polar surface area (TPSA) is 117 Å². The smallest absolute Gasteiger partial charge is 0.255 e. The maximum atomic E-state index is 12.9. The fraction of sp³-hybridized carbons (Fsp3) is 0.323. The first-order valence-corrected chi connectivity index (χ1v) is 13.9. The van der Waals surface area contributed by atoms with Crippen molar-refractivity contribution in [2.75, 3.05) is 36.4 Å². The first-order chi connectivity index (χ1) is 19.4. The summed E-state index contributed by atoms with van der Waals surface area (Å²) in [4.78, 5) is 29.9. The lowest BCUT2D eigenvalue weighted by atomic mass is 10.0. The summed E-state index contributed by atoms with van der Waals surface area (Å²) in [6.45, 7) is 3.02. The molecule has 40 heavy (non-hydrogen) atoms. The second-order valence-corrected chi connectivity index (χ2v) is 10.7. The van der Waals surface area contributed by atoms with Gasteiger partial charge in [0.15, 0.2) is 0 Å². The summed E-state index contributed by atoms with van der Waals surface area (Å²) >= 11 is 0. The summed E-state index contributed by atoms with van der Waals surface area (Å²) < 4.78 is 1.83. The number of aromatic nitrogens is 2. The molecule has 0 spiro atoms. The highest BCUT2D eigenvalue weighted by Gasteiger charge is 2.22. The van der Waals surface area contributed by atoms with Crippen molar-refractivity contribution < 1.29 is 14.7 Å². The molecule has 0 aliphatic carbocycles. The van der Waals surface area contributed by atoms with Gasteiger partial charge in [-0.05, 0) is 92.4 Å². The fourth-order valence-corrected chi connectivity index (χ4v) is 5.50. The van der Waals surface area contributed by atoms with Gasteiger partial charge in [-0.15, -0.1) is 0 Å². The second kappa shape index (κ2) is 11.1. The summed E-state index contributed by atoms with van der Waals surface area (Å²) in [6.07, 6.45) is 4.76. The number of hydrogen-bond donors (Lipinski definition) is 3. The predicted octanol–water partition coefficient (Wildman–Crippen LogP) is 3.80. The molecular formula is C31H34N6O3. The van der Waals surface area contributed by atoms with Gasteiger partial charge in [-0.2, -0.15) is 5.10 Å². The molecule has 4 aromatic rings. The van der Waals surface area contributed by atoms with E-state index >= 15 is 0 Å². The molecule has 2 saturated heterocycles. The van der Waals surface area contributed by atoms with Gasteiger partial charge in [0, 0.05) is 60.1 Å². The molecule has 3 heterocycles. The van der Waals surface area contributed by atoms with E-state index in [2.05, 4.69) is 15.3 Å². The van der Waals surface area contributed by atoms with E-state index in [9.17, 15) is 14.7 Å². The first kappa shape index (κ1) is 26.0. The quantitative estimate of drug-likeness (QED) is 0.356. The van der Waals surface area contributed by atoms with E-state index in [1.54, 1.807) is 6.20 Å². The molecule has 2 amide bonds. The largest absolute Gasteiger partial charge is 0.393 e. The summed E-state index contributed by atoms with van der Waals surface area (Å²) in [5.41, 5.74) is 10.7. The summed E-state index contributed by atoms with van der Waals surface area (Å²) in [5, 5.41) is 18.2. The Morgan fingerprint density at radius 1 is 0.825 bits per heavy atom. The maximum Gasteiger partial charge on any atom is 0.255 e. The third-order valence-electron chi connectivity index (χ3n) is 7.97. The van der Waals surface area contributed by atoms with Crippen LogP contribution in [-0.4, -0.2) is 69.9 Å². The van der Waals surface area contributed by atoms with Crippen LogP contribution in [0.15, 0.2) is 72.9 Å². The zero-order valence-electron chi connectivity index (χ0n) is 22.4. The van der Waals surface area contributed by atoms with E-state index in [1.807, 2.05) is 76.3 Å². The van der Waals surface area contributed by atoms with E-state index < -0.39 is 0 Å². The number of nitrogens with zero attached hydrogens (tertiary/aromatic N) is 4. The molecule has 9 heteroatoms. The van der Waals surface area contributed by atoms with Crippen molar-refractivity contribution >= 4 is 34.1 Å². The van der Waals surface area contributed by atoms with Crippen LogP contribution in [-0.2, 0) is 0 Å². The van der Waals surface area contributed by atoms with Crippen molar-refractivity contribution in [2.24, 2.45) is 5.73 Å². The maximum absolute atomic E-state index is 12.9. The molecule has 0 unspecified atom stereocenters. The van der Waals surface area contributed by atoms with E-state index in [-0.39, 0.29) is 24.0 Å². The van der Waals surface area contributed by atoms with Gasteiger partial charge in [0.25, 0.3) is 11.8 Å². The molecule has 4 N–H and O–H groups in total. The minimum Gasteiger partial charge on any atom is -0.393 e. The first-order valence-electron chi connectivity index (χ1n) is 13.9. The van der Waals surface area contributed by atoms with Crippen LogP contribution in [0.1, 0.15) is 46.4 Å². The Balaban J connectivity index is 1.12. The Morgan fingerprint density at radius 3 is 2.17 bits per heavy atom. The van der Waals surface area contributed by atoms with E-state index in [0.29, 0.717) is 29.9 Å². The van der Waals surface area contributed by atoms with Gasteiger partial charge >= 0.3 is 0 Å². The zero-order valence-corrected chi connectivity index (χ0v) is 22.4. The molecule has 206 valence electrons. The highest BCUT2D eigenvalue weighted by atomic mass is 16.3. The van der Waals surface area contributed by atoms with E-state index in [4.69, 9.17) is 5.73 Å². The van der Waals surface area contributed by atoms with Crippen molar-refractivity contribution in [3.8, 4) is 5.69 Å². The number of likely N-dealkylation sites (tertiary alicyclic amines) is 1. The monoisotopic (exact) mass is 538 g/mol. The lowest BCUT2D eigenvalue weighted by molar-refractivity contribution is 0.0714. The lowest BCUT2D eigenvalue weighted by Gasteiger charge is -2.31. The van der Waals surface area contributed by atoms with Crippen LogP contribution in [0.25, 0.3) is 16.6 Å². The van der Waals surface area contributed by atoms with E-state index in [1.165, 1.54) is 0 Å². The number of carbonyl (C=O) groups excluding carboxylic acids is 2. The number of anilines is 2. The number of nitrogens with two attached hydrogens (primary N) is 1. The third-order valence-corrected chi connectivity index (χ3v) is 7.97. The zero-order chi connectivity index (χ0) is 27.6. The Morgan fingerprint density at radius 2 is 1.48 bits per heavy atom. The van der Waals surface area contributed by atoms with Crippen LogP contribution in [0, 0.1) is 0 Å². The number of aliphatic hydroxyl groups excluding tert-OH is 1. The number of nitrogens with one attached hydrogen (secondary N) is 1. The van der Waals surface area contributed by atoms with Gasteiger partial charge in [-0.3, -0.25) is 9.59 Å². The van der Waals surface area contributed by atoms with Gasteiger partial charge in [0.05, 0.1) is 23.5 Å². The molecule has 6 rings (SSSR count). The number of hydrogen-bond acceptors (Lipinski definition) is 6. The number of piperidine rings is 2. The van der Waals surface area contributed by atoms with Crippen molar-refractivity contribution in [3.63, 3.8) is 0 Å². The normalized spacial score (nSPS) is 16.9. The molecule has 0 atom stereocenters. The second-order valence-electron chi connectivity index (χ2n) is 10.7. The van der Waals surface area contributed by atoms with Crippen molar-refractivity contribution in [1.29, 1.82) is 0 Å². The fourth-order valence-electron chi connectivity index (χ4n) is 5.50. The molecule has 2 aliphatic rings. The number of benzene rings is 3. The molecular weight excluding hydrogens is 504 g/mol. The average molecular weight is 539 g/mol. The van der Waals surface area contributed by atoms with Crippen LogP contribution >= 0.6 is 0 Å². The minimum atomic E-state index is -0.216. The molecule has 9 nitrogen and oxygen atoms in total. The van der Waals surface area contributed by atoms with Gasteiger partial charge in [-0.1, -0.05) is 0 Å². The summed E-state index contributed by atoms with van der Waals surface area (Å²) in [5.74, 6) is -0.145. The number of rotatable bonds is 5. The Kier molecular flexibility index (Phi) is 7.23. The van der Waals surface area contributed by atoms with Crippen LogP contribution in [0.2, 0.25) is 0 Å². The lowest BCUT2D eigenvalue weighted by Crippen LogP contribution is -2.42. The summed E-state index contributed by atoms with van der Waals surface area (Å²) in [6, 6.07) is 21.0. The predicted molar refractivity (Wildman–Crippen MR) is 156 cm³/mol. The Labute approximate surface area is 233 Å². The van der Waals surface area contributed by atoms with E-state index in [0.717, 1.165) is 61.1 Å². The molecule has 3 aromatic carbocycles. The molecule has 2 fully saturated rings.